The molecular formula is C20H21ClN2OS. The first kappa shape index (κ1) is 17.9. The van der Waals surface area contributed by atoms with E-state index in [4.69, 9.17) is 27.1 Å². The third-order valence-electron chi connectivity index (χ3n) is 4.33. The van der Waals surface area contributed by atoms with Gasteiger partial charge in [0.25, 0.3) is 0 Å². The summed E-state index contributed by atoms with van der Waals surface area (Å²) in [6.07, 6.45) is 0. The molecule has 1 heterocycles. The van der Waals surface area contributed by atoms with Crippen molar-refractivity contribution in [2.45, 2.75) is 27.3 Å². The number of methoxy groups -OCH3 is 1. The summed E-state index contributed by atoms with van der Waals surface area (Å²) >= 11 is 8.15. The van der Waals surface area contributed by atoms with Crippen molar-refractivity contribution in [2.75, 3.05) is 7.11 Å². The lowest BCUT2D eigenvalue weighted by molar-refractivity contribution is 0.415. The first-order valence-electron chi connectivity index (χ1n) is 8.07. The summed E-state index contributed by atoms with van der Waals surface area (Å²) in [5.74, 6) is 0.804. The average molecular weight is 373 g/mol. The number of benzene rings is 2. The third-order valence-corrected chi connectivity index (χ3v) is 5.94. The fourth-order valence-corrected chi connectivity index (χ4v) is 3.99. The van der Waals surface area contributed by atoms with Crippen molar-refractivity contribution in [3.05, 3.63) is 56.9 Å². The minimum Gasteiger partial charge on any atom is -0.496 e. The number of aromatic nitrogens is 1. The molecule has 2 aromatic carbocycles. The highest BCUT2D eigenvalue weighted by Gasteiger charge is 2.20. The molecule has 0 saturated carbocycles. The number of aryl methyl sites for hydroxylation is 2. The van der Waals surface area contributed by atoms with Gasteiger partial charge in [0, 0.05) is 27.6 Å². The Bertz CT molecular complexity index is 916. The van der Waals surface area contributed by atoms with E-state index in [1.54, 1.807) is 18.4 Å². The number of thiazole rings is 1. The summed E-state index contributed by atoms with van der Waals surface area (Å²) in [6, 6.07) is 10.2. The first-order chi connectivity index (χ1) is 12.0. The Hall–Kier alpha value is -1.88. The molecule has 0 unspecified atom stereocenters. The van der Waals surface area contributed by atoms with Crippen molar-refractivity contribution >= 4 is 22.9 Å². The molecule has 1 aromatic heterocycles. The Kier molecular flexibility index (Phi) is 5.13. The van der Waals surface area contributed by atoms with Crippen LogP contribution in [0.1, 0.15) is 21.6 Å². The van der Waals surface area contributed by atoms with Gasteiger partial charge in [-0.15, -0.1) is 11.3 Å². The highest BCUT2D eigenvalue weighted by Crippen LogP contribution is 2.42. The summed E-state index contributed by atoms with van der Waals surface area (Å²) in [7, 11) is 1.68. The van der Waals surface area contributed by atoms with Crippen LogP contribution in [0.4, 0.5) is 0 Å². The number of hydrogen-bond acceptors (Lipinski definition) is 4. The number of hydrogen-bond donors (Lipinski definition) is 1. The molecule has 0 aliphatic heterocycles. The summed E-state index contributed by atoms with van der Waals surface area (Å²) in [5.41, 5.74) is 11.8. The van der Waals surface area contributed by atoms with E-state index >= 15 is 0 Å². The van der Waals surface area contributed by atoms with Gasteiger partial charge in [0.1, 0.15) is 10.8 Å². The van der Waals surface area contributed by atoms with Crippen molar-refractivity contribution < 1.29 is 4.74 Å². The summed E-state index contributed by atoms with van der Waals surface area (Å²) in [4.78, 5) is 6.03. The maximum absolute atomic E-state index is 6.48. The molecule has 0 aliphatic rings. The van der Waals surface area contributed by atoms with Gasteiger partial charge in [-0.05, 0) is 43.5 Å². The SMILES string of the molecule is COc1cc(C)c(Cl)c(C)c1-c1nc(-c2ccc(CN)cc2)sc1C. The van der Waals surface area contributed by atoms with Crippen molar-refractivity contribution in [2.24, 2.45) is 5.73 Å². The molecule has 0 amide bonds. The van der Waals surface area contributed by atoms with E-state index in [0.717, 1.165) is 54.2 Å². The van der Waals surface area contributed by atoms with E-state index in [0.29, 0.717) is 6.54 Å². The van der Waals surface area contributed by atoms with Gasteiger partial charge in [-0.3, -0.25) is 0 Å². The Labute approximate surface area is 157 Å². The van der Waals surface area contributed by atoms with Gasteiger partial charge in [-0.25, -0.2) is 4.98 Å². The van der Waals surface area contributed by atoms with Crippen LogP contribution >= 0.6 is 22.9 Å². The zero-order valence-corrected chi connectivity index (χ0v) is 16.4. The fourth-order valence-electron chi connectivity index (χ4n) is 2.91. The highest BCUT2D eigenvalue weighted by molar-refractivity contribution is 7.15. The molecule has 130 valence electrons. The maximum atomic E-state index is 6.48. The van der Waals surface area contributed by atoms with Crippen molar-refractivity contribution in [1.29, 1.82) is 0 Å². The molecule has 2 N–H and O–H groups in total. The monoisotopic (exact) mass is 372 g/mol. The summed E-state index contributed by atoms with van der Waals surface area (Å²) in [5, 5.41) is 1.74. The quantitative estimate of drug-likeness (QED) is 0.655. The minimum absolute atomic E-state index is 0.542. The normalized spacial score (nSPS) is 11.0. The predicted molar refractivity (Wildman–Crippen MR) is 107 cm³/mol. The van der Waals surface area contributed by atoms with Crippen LogP contribution in [-0.2, 0) is 6.54 Å². The van der Waals surface area contributed by atoms with E-state index in [9.17, 15) is 0 Å². The lowest BCUT2D eigenvalue weighted by Gasteiger charge is -2.14. The van der Waals surface area contributed by atoms with Crippen LogP contribution in [0.15, 0.2) is 30.3 Å². The van der Waals surface area contributed by atoms with Gasteiger partial charge < -0.3 is 10.5 Å². The van der Waals surface area contributed by atoms with Crippen molar-refractivity contribution in [1.82, 2.24) is 4.98 Å². The van der Waals surface area contributed by atoms with Crippen LogP contribution in [0, 0.1) is 20.8 Å². The van der Waals surface area contributed by atoms with Crippen LogP contribution in [0.3, 0.4) is 0 Å². The predicted octanol–water partition coefficient (Wildman–Crippen LogP) is 5.52. The molecule has 0 aliphatic carbocycles. The number of nitrogens with zero attached hydrogens (tertiary/aromatic N) is 1. The standard InChI is InChI=1S/C20H21ClN2OS/c1-11-9-16(24-4)17(12(2)18(11)21)19-13(3)25-20(23-19)15-7-5-14(10-22)6-8-15/h5-9H,10,22H2,1-4H3. The van der Waals surface area contributed by atoms with E-state index in [2.05, 4.69) is 19.1 Å². The molecule has 0 atom stereocenters. The molecule has 0 fully saturated rings. The van der Waals surface area contributed by atoms with Crippen LogP contribution in [0.2, 0.25) is 5.02 Å². The fraction of sp³-hybridized carbons (Fsp3) is 0.250. The summed E-state index contributed by atoms with van der Waals surface area (Å²) < 4.78 is 5.61. The van der Waals surface area contributed by atoms with E-state index < -0.39 is 0 Å². The molecule has 3 nitrogen and oxygen atoms in total. The second-order valence-corrected chi connectivity index (χ2v) is 7.62. The molecule has 0 spiro atoms. The Morgan fingerprint density at radius 3 is 2.44 bits per heavy atom. The number of halogens is 1. The Balaban J connectivity index is 2.14. The van der Waals surface area contributed by atoms with Crippen molar-refractivity contribution in [3.63, 3.8) is 0 Å². The molecule has 3 aromatic rings. The van der Waals surface area contributed by atoms with Gasteiger partial charge in [-0.2, -0.15) is 0 Å². The smallest absolute Gasteiger partial charge is 0.128 e. The average Bonchev–Trinajstić information content (AvgIpc) is 3.00. The summed E-state index contributed by atoms with van der Waals surface area (Å²) in [6.45, 7) is 6.62. The highest BCUT2D eigenvalue weighted by atomic mass is 35.5. The lowest BCUT2D eigenvalue weighted by atomic mass is 10.0. The maximum Gasteiger partial charge on any atom is 0.128 e. The molecule has 3 rings (SSSR count). The van der Waals surface area contributed by atoms with E-state index in [-0.39, 0.29) is 0 Å². The number of rotatable bonds is 4. The van der Waals surface area contributed by atoms with Gasteiger partial charge in [0.05, 0.1) is 12.8 Å². The molecule has 0 bridgehead atoms. The lowest BCUT2D eigenvalue weighted by Crippen LogP contribution is -1.96. The minimum atomic E-state index is 0.542. The van der Waals surface area contributed by atoms with Gasteiger partial charge in [0.15, 0.2) is 0 Å². The third kappa shape index (κ3) is 3.30. The van der Waals surface area contributed by atoms with Gasteiger partial charge in [0.2, 0.25) is 0 Å². The van der Waals surface area contributed by atoms with Crippen LogP contribution in [-0.4, -0.2) is 12.1 Å². The van der Waals surface area contributed by atoms with Crippen LogP contribution in [0.25, 0.3) is 21.8 Å². The second-order valence-electron chi connectivity index (χ2n) is 6.03. The number of nitrogens with two attached hydrogens (primary N) is 1. The number of ether oxygens (including phenoxy) is 1. The zero-order chi connectivity index (χ0) is 18.1. The topological polar surface area (TPSA) is 48.1 Å². The van der Waals surface area contributed by atoms with E-state index in [1.807, 2.05) is 32.0 Å². The molecule has 0 saturated heterocycles. The Morgan fingerprint density at radius 1 is 1.16 bits per heavy atom. The van der Waals surface area contributed by atoms with Crippen molar-refractivity contribution in [3.8, 4) is 27.6 Å². The van der Waals surface area contributed by atoms with Gasteiger partial charge in [-0.1, -0.05) is 35.9 Å². The molecular weight excluding hydrogens is 352 g/mol. The van der Waals surface area contributed by atoms with Crippen LogP contribution in [0.5, 0.6) is 5.75 Å². The first-order valence-corrected chi connectivity index (χ1v) is 9.26. The molecule has 5 heteroatoms. The largest absolute Gasteiger partial charge is 0.496 e. The second kappa shape index (κ2) is 7.16. The van der Waals surface area contributed by atoms with Crippen LogP contribution < -0.4 is 10.5 Å². The molecule has 0 radical (unpaired) electrons. The van der Waals surface area contributed by atoms with Gasteiger partial charge >= 0.3 is 0 Å². The van der Waals surface area contributed by atoms with E-state index in [1.165, 1.54) is 0 Å². The Morgan fingerprint density at radius 2 is 1.84 bits per heavy atom. The molecule has 25 heavy (non-hydrogen) atoms. The zero-order valence-electron chi connectivity index (χ0n) is 14.8.